The first kappa shape index (κ1) is 18.9. The number of primary amides is 1. The van der Waals surface area contributed by atoms with E-state index in [1.807, 2.05) is 0 Å². The average molecular weight is 284 g/mol. The van der Waals surface area contributed by atoms with E-state index in [1.54, 1.807) is 0 Å². The van der Waals surface area contributed by atoms with Gasteiger partial charge in [0.25, 0.3) is 0 Å². The standard InChI is InChI=1S/C16H32N2O2/c1-3-5-7-9-11-13-15(19)18-14(16(17)20)12-10-8-6-4-2/h14H,3-13H2,1-2H3,(H2,17,20)(H,18,19). The van der Waals surface area contributed by atoms with Crippen molar-refractivity contribution in [3.8, 4) is 0 Å². The van der Waals surface area contributed by atoms with Crippen molar-refractivity contribution in [2.75, 3.05) is 0 Å². The lowest BCUT2D eigenvalue weighted by Gasteiger charge is -2.15. The van der Waals surface area contributed by atoms with E-state index in [1.165, 1.54) is 19.3 Å². The Kier molecular flexibility index (Phi) is 12.3. The van der Waals surface area contributed by atoms with Crippen LogP contribution in [0, 0.1) is 0 Å². The van der Waals surface area contributed by atoms with Crippen molar-refractivity contribution in [2.24, 2.45) is 5.73 Å². The molecule has 1 unspecified atom stereocenters. The van der Waals surface area contributed by atoms with Crippen LogP contribution in [-0.2, 0) is 9.59 Å². The van der Waals surface area contributed by atoms with E-state index in [0.29, 0.717) is 12.8 Å². The minimum atomic E-state index is -0.491. The Morgan fingerprint density at radius 2 is 1.45 bits per heavy atom. The smallest absolute Gasteiger partial charge is 0.239 e. The van der Waals surface area contributed by atoms with Crippen molar-refractivity contribution >= 4 is 11.8 Å². The number of nitrogens with one attached hydrogen (secondary N) is 1. The van der Waals surface area contributed by atoms with Crippen LogP contribution in [0.25, 0.3) is 0 Å². The van der Waals surface area contributed by atoms with Crippen molar-refractivity contribution in [3.63, 3.8) is 0 Å². The first-order valence-electron chi connectivity index (χ1n) is 8.20. The zero-order valence-electron chi connectivity index (χ0n) is 13.2. The molecular weight excluding hydrogens is 252 g/mol. The van der Waals surface area contributed by atoms with Crippen LogP contribution in [0.5, 0.6) is 0 Å². The molecule has 1 atom stereocenters. The number of carbonyl (C=O) groups is 2. The van der Waals surface area contributed by atoms with Gasteiger partial charge in [0.2, 0.25) is 11.8 Å². The molecule has 0 heterocycles. The van der Waals surface area contributed by atoms with Crippen molar-refractivity contribution in [1.82, 2.24) is 5.32 Å². The summed E-state index contributed by atoms with van der Waals surface area (Å²) in [6, 6.07) is -0.491. The highest BCUT2D eigenvalue weighted by Crippen LogP contribution is 2.07. The number of carbonyl (C=O) groups excluding carboxylic acids is 2. The Morgan fingerprint density at radius 1 is 0.900 bits per heavy atom. The van der Waals surface area contributed by atoms with E-state index in [9.17, 15) is 9.59 Å². The van der Waals surface area contributed by atoms with Crippen LogP contribution in [0.3, 0.4) is 0 Å². The Labute approximate surface area is 123 Å². The molecule has 0 bridgehead atoms. The van der Waals surface area contributed by atoms with Gasteiger partial charge in [-0.1, -0.05) is 65.2 Å². The van der Waals surface area contributed by atoms with Gasteiger partial charge in [-0.15, -0.1) is 0 Å². The summed E-state index contributed by atoms with van der Waals surface area (Å²) in [4.78, 5) is 23.1. The SMILES string of the molecule is CCCCCCCC(=O)NC(CCCCCC)C(N)=O. The highest BCUT2D eigenvalue weighted by Gasteiger charge is 2.16. The zero-order valence-corrected chi connectivity index (χ0v) is 13.2. The first-order chi connectivity index (χ1) is 9.61. The van der Waals surface area contributed by atoms with E-state index in [4.69, 9.17) is 5.73 Å². The molecule has 20 heavy (non-hydrogen) atoms. The Morgan fingerprint density at radius 3 is 2.00 bits per heavy atom. The molecule has 0 rings (SSSR count). The third-order valence-corrected chi connectivity index (χ3v) is 3.53. The van der Waals surface area contributed by atoms with E-state index in [0.717, 1.165) is 38.5 Å². The molecule has 0 aromatic heterocycles. The fourth-order valence-electron chi connectivity index (χ4n) is 2.22. The highest BCUT2D eigenvalue weighted by atomic mass is 16.2. The van der Waals surface area contributed by atoms with Crippen molar-refractivity contribution in [1.29, 1.82) is 0 Å². The molecule has 0 aliphatic heterocycles. The quantitative estimate of drug-likeness (QED) is 0.509. The van der Waals surface area contributed by atoms with Crippen LogP contribution in [-0.4, -0.2) is 17.9 Å². The fraction of sp³-hybridized carbons (Fsp3) is 0.875. The number of amides is 2. The summed E-state index contributed by atoms with van der Waals surface area (Å²) in [6.07, 6.45) is 11.1. The highest BCUT2D eigenvalue weighted by molar-refractivity contribution is 5.86. The van der Waals surface area contributed by atoms with Crippen LogP contribution >= 0.6 is 0 Å². The van der Waals surface area contributed by atoms with Gasteiger partial charge in [0, 0.05) is 6.42 Å². The minimum absolute atomic E-state index is 0.0409. The lowest BCUT2D eigenvalue weighted by atomic mass is 10.1. The van der Waals surface area contributed by atoms with E-state index >= 15 is 0 Å². The third kappa shape index (κ3) is 10.8. The maximum absolute atomic E-state index is 11.8. The molecule has 0 radical (unpaired) electrons. The molecule has 0 aromatic carbocycles. The number of rotatable bonds is 13. The second kappa shape index (κ2) is 12.9. The molecule has 2 amide bonds. The molecule has 0 aliphatic carbocycles. The maximum atomic E-state index is 11.8. The van der Waals surface area contributed by atoms with Gasteiger partial charge in [-0.2, -0.15) is 0 Å². The summed E-state index contributed by atoms with van der Waals surface area (Å²) < 4.78 is 0. The Bertz CT molecular complexity index is 267. The average Bonchev–Trinajstić information content (AvgIpc) is 2.41. The molecule has 118 valence electrons. The van der Waals surface area contributed by atoms with Crippen LogP contribution in [0.2, 0.25) is 0 Å². The molecule has 0 aromatic rings. The molecule has 0 aliphatic rings. The number of hydrogen-bond donors (Lipinski definition) is 2. The summed E-state index contributed by atoms with van der Waals surface area (Å²) >= 11 is 0. The van der Waals surface area contributed by atoms with Gasteiger partial charge in [0.05, 0.1) is 0 Å². The van der Waals surface area contributed by atoms with Crippen LogP contribution in [0.15, 0.2) is 0 Å². The van der Waals surface area contributed by atoms with Gasteiger partial charge in [0.15, 0.2) is 0 Å². The summed E-state index contributed by atoms with van der Waals surface area (Å²) in [5, 5.41) is 2.77. The van der Waals surface area contributed by atoms with Gasteiger partial charge in [-0.25, -0.2) is 0 Å². The minimum Gasteiger partial charge on any atom is -0.368 e. The van der Waals surface area contributed by atoms with Crippen molar-refractivity contribution in [2.45, 2.75) is 90.5 Å². The fourth-order valence-corrected chi connectivity index (χ4v) is 2.22. The van der Waals surface area contributed by atoms with E-state index < -0.39 is 11.9 Å². The van der Waals surface area contributed by atoms with Crippen molar-refractivity contribution < 1.29 is 9.59 Å². The largest absolute Gasteiger partial charge is 0.368 e. The third-order valence-electron chi connectivity index (χ3n) is 3.53. The summed E-state index contributed by atoms with van der Waals surface area (Å²) in [5.41, 5.74) is 5.34. The lowest BCUT2D eigenvalue weighted by molar-refractivity contribution is -0.127. The summed E-state index contributed by atoms with van der Waals surface area (Å²) in [5.74, 6) is -0.457. The molecule has 0 fully saturated rings. The van der Waals surface area contributed by atoms with Crippen LogP contribution < -0.4 is 11.1 Å². The second-order valence-corrected chi connectivity index (χ2v) is 5.54. The van der Waals surface area contributed by atoms with Crippen LogP contribution in [0.1, 0.15) is 84.5 Å². The van der Waals surface area contributed by atoms with Gasteiger partial charge >= 0.3 is 0 Å². The normalized spacial score (nSPS) is 12.1. The molecule has 0 saturated carbocycles. The lowest BCUT2D eigenvalue weighted by Crippen LogP contribution is -2.44. The number of unbranched alkanes of at least 4 members (excludes halogenated alkanes) is 7. The van der Waals surface area contributed by atoms with Gasteiger partial charge in [-0.3, -0.25) is 9.59 Å². The topological polar surface area (TPSA) is 72.2 Å². The van der Waals surface area contributed by atoms with Gasteiger partial charge < -0.3 is 11.1 Å². The Balaban J connectivity index is 3.81. The number of nitrogens with two attached hydrogens (primary N) is 1. The molecule has 3 N–H and O–H groups in total. The van der Waals surface area contributed by atoms with E-state index in [-0.39, 0.29) is 5.91 Å². The second-order valence-electron chi connectivity index (χ2n) is 5.54. The summed E-state index contributed by atoms with van der Waals surface area (Å²) in [7, 11) is 0. The molecule has 0 spiro atoms. The van der Waals surface area contributed by atoms with E-state index in [2.05, 4.69) is 19.2 Å². The molecule has 0 saturated heterocycles. The summed E-state index contributed by atoms with van der Waals surface area (Å²) in [6.45, 7) is 4.31. The molecule has 4 nitrogen and oxygen atoms in total. The Hall–Kier alpha value is -1.06. The predicted molar refractivity (Wildman–Crippen MR) is 83.3 cm³/mol. The molecular formula is C16H32N2O2. The number of hydrogen-bond acceptors (Lipinski definition) is 2. The monoisotopic (exact) mass is 284 g/mol. The molecule has 4 heteroatoms. The van der Waals surface area contributed by atoms with Gasteiger partial charge in [-0.05, 0) is 12.8 Å². The van der Waals surface area contributed by atoms with Gasteiger partial charge in [0.1, 0.15) is 6.04 Å². The van der Waals surface area contributed by atoms with Crippen molar-refractivity contribution in [3.05, 3.63) is 0 Å². The van der Waals surface area contributed by atoms with Crippen LogP contribution in [0.4, 0.5) is 0 Å². The predicted octanol–water partition coefficient (Wildman–Crippen LogP) is 3.29. The first-order valence-corrected chi connectivity index (χ1v) is 8.20. The zero-order chi connectivity index (χ0) is 15.2. The maximum Gasteiger partial charge on any atom is 0.239 e.